The summed E-state index contributed by atoms with van der Waals surface area (Å²) in [5, 5.41) is 10.1. The normalized spacial score (nSPS) is 11.3. The van der Waals surface area contributed by atoms with E-state index in [-0.39, 0.29) is 31.4 Å². The van der Waals surface area contributed by atoms with Crippen LogP contribution in [0, 0.1) is 0 Å². The van der Waals surface area contributed by atoms with Crippen LogP contribution in [-0.2, 0) is 6.54 Å². The van der Waals surface area contributed by atoms with E-state index in [2.05, 4.69) is 4.98 Å². The topological polar surface area (TPSA) is 73.3 Å². The Bertz CT molecular complexity index is 732. The van der Waals surface area contributed by atoms with E-state index in [1.165, 1.54) is 0 Å². The Balaban J connectivity index is 0.00000132. The van der Waals surface area contributed by atoms with Crippen LogP contribution in [0.5, 0.6) is 5.75 Å². The Morgan fingerprint density at radius 3 is 2.52 bits per heavy atom. The van der Waals surface area contributed by atoms with Crippen LogP contribution in [0.2, 0.25) is 0 Å². The van der Waals surface area contributed by atoms with Crippen molar-refractivity contribution in [2.45, 2.75) is 12.6 Å². The molecule has 2 aromatic carbocycles. The molecular formula is C16H19Cl2N3O2. The molecule has 1 heterocycles. The van der Waals surface area contributed by atoms with Crippen molar-refractivity contribution < 1.29 is 9.84 Å². The summed E-state index contributed by atoms with van der Waals surface area (Å²) < 4.78 is 7.47. The Kier molecular flexibility index (Phi) is 7.16. The lowest BCUT2D eigenvalue weighted by Crippen LogP contribution is -2.23. The van der Waals surface area contributed by atoms with Gasteiger partial charge in [0.1, 0.15) is 18.5 Å². The van der Waals surface area contributed by atoms with Gasteiger partial charge in [-0.05, 0) is 36.4 Å². The van der Waals surface area contributed by atoms with E-state index >= 15 is 0 Å². The third kappa shape index (κ3) is 4.76. The van der Waals surface area contributed by atoms with Gasteiger partial charge in [0.25, 0.3) is 0 Å². The van der Waals surface area contributed by atoms with E-state index in [0.717, 1.165) is 11.0 Å². The largest absolute Gasteiger partial charge is 0.491 e. The summed E-state index contributed by atoms with van der Waals surface area (Å²) in [5.74, 6) is 0.693. The molecule has 3 aromatic rings. The second kappa shape index (κ2) is 8.62. The number of nitrogens with zero attached hydrogens (tertiary/aromatic N) is 2. The lowest BCUT2D eigenvalue weighted by molar-refractivity contribution is 0.0934. The SMILES string of the molecule is Cl.Cl.Nc1ccc(OCC(O)Cn2cnc3ccccc32)cc1. The summed E-state index contributed by atoms with van der Waals surface area (Å²) in [6.45, 7) is 0.659. The maximum Gasteiger partial charge on any atom is 0.119 e. The molecule has 0 aliphatic heterocycles. The fourth-order valence-corrected chi connectivity index (χ4v) is 2.19. The molecule has 0 fully saturated rings. The van der Waals surface area contributed by atoms with E-state index < -0.39 is 6.10 Å². The smallest absolute Gasteiger partial charge is 0.119 e. The van der Waals surface area contributed by atoms with Crippen LogP contribution in [0.4, 0.5) is 5.69 Å². The zero-order valence-corrected chi connectivity index (χ0v) is 14.0. The molecule has 1 atom stereocenters. The van der Waals surface area contributed by atoms with Crippen LogP contribution in [0.15, 0.2) is 54.9 Å². The molecule has 0 radical (unpaired) electrons. The number of benzene rings is 2. The van der Waals surface area contributed by atoms with Crippen LogP contribution >= 0.6 is 24.8 Å². The number of hydrogen-bond donors (Lipinski definition) is 2. The molecule has 0 spiro atoms. The number of para-hydroxylation sites is 2. The molecule has 1 unspecified atom stereocenters. The molecule has 124 valence electrons. The monoisotopic (exact) mass is 355 g/mol. The van der Waals surface area contributed by atoms with Gasteiger partial charge in [-0.3, -0.25) is 0 Å². The number of anilines is 1. The lowest BCUT2D eigenvalue weighted by atomic mass is 10.3. The Hall–Kier alpha value is -1.95. The number of ether oxygens (including phenoxy) is 1. The molecule has 3 N–H and O–H groups in total. The summed E-state index contributed by atoms with van der Waals surface area (Å²) >= 11 is 0. The number of hydrogen-bond acceptors (Lipinski definition) is 4. The first-order chi connectivity index (χ1) is 10.2. The lowest BCUT2D eigenvalue weighted by Gasteiger charge is -2.13. The van der Waals surface area contributed by atoms with E-state index in [4.69, 9.17) is 10.5 Å². The van der Waals surface area contributed by atoms with Gasteiger partial charge in [0.2, 0.25) is 0 Å². The fraction of sp³-hybridized carbons (Fsp3) is 0.188. The van der Waals surface area contributed by atoms with Crippen molar-refractivity contribution in [3.63, 3.8) is 0 Å². The number of imidazole rings is 1. The number of aromatic nitrogens is 2. The summed E-state index contributed by atoms with van der Waals surface area (Å²) in [5.41, 5.74) is 8.22. The number of rotatable bonds is 5. The molecule has 0 aliphatic rings. The number of nitrogens with two attached hydrogens (primary N) is 1. The minimum atomic E-state index is -0.611. The van der Waals surface area contributed by atoms with Gasteiger partial charge < -0.3 is 20.1 Å². The summed E-state index contributed by atoms with van der Waals surface area (Å²) in [6.07, 6.45) is 1.12. The first kappa shape index (κ1) is 19.1. The Labute approximate surface area is 146 Å². The molecule has 0 bridgehead atoms. The van der Waals surface area contributed by atoms with Gasteiger partial charge in [0.15, 0.2) is 0 Å². The minimum Gasteiger partial charge on any atom is -0.491 e. The van der Waals surface area contributed by atoms with Crippen molar-refractivity contribution in [2.24, 2.45) is 0 Å². The molecule has 3 rings (SSSR count). The van der Waals surface area contributed by atoms with Gasteiger partial charge >= 0.3 is 0 Å². The minimum absolute atomic E-state index is 0. The predicted octanol–water partition coefficient (Wildman–Crippen LogP) is 2.90. The maximum absolute atomic E-state index is 10.1. The first-order valence-electron chi connectivity index (χ1n) is 6.78. The van der Waals surface area contributed by atoms with Crippen molar-refractivity contribution >= 4 is 41.5 Å². The average molecular weight is 356 g/mol. The van der Waals surface area contributed by atoms with Crippen LogP contribution in [0.25, 0.3) is 11.0 Å². The highest BCUT2D eigenvalue weighted by Gasteiger charge is 2.09. The highest BCUT2D eigenvalue weighted by atomic mass is 35.5. The number of aliphatic hydroxyl groups excluding tert-OH is 1. The summed E-state index contributed by atoms with van der Waals surface area (Å²) in [6, 6.07) is 14.9. The summed E-state index contributed by atoms with van der Waals surface area (Å²) in [7, 11) is 0. The Morgan fingerprint density at radius 1 is 1.09 bits per heavy atom. The van der Waals surface area contributed by atoms with Crippen molar-refractivity contribution in [1.82, 2.24) is 9.55 Å². The zero-order valence-electron chi connectivity index (χ0n) is 12.3. The Morgan fingerprint density at radius 2 is 1.78 bits per heavy atom. The van der Waals surface area contributed by atoms with E-state index in [1.54, 1.807) is 30.6 Å². The van der Waals surface area contributed by atoms with E-state index in [9.17, 15) is 5.11 Å². The second-order valence-electron chi connectivity index (χ2n) is 4.92. The third-order valence-electron chi connectivity index (χ3n) is 3.26. The predicted molar refractivity (Wildman–Crippen MR) is 96.6 cm³/mol. The second-order valence-corrected chi connectivity index (χ2v) is 4.92. The van der Waals surface area contributed by atoms with Crippen molar-refractivity contribution in [3.05, 3.63) is 54.9 Å². The van der Waals surface area contributed by atoms with Crippen LogP contribution in [-0.4, -0.2) is 27.4 Å². The number of nitrogen functional groups attached to an aromatic ring is 1. The van der Waals surface area contributed by atoms with Gasteiger partial charge in [-0.15, -0.1) is 24.8 Å². The van der Waals surface area contributed by atoms with Gasteiger partial charge in [-0.2, -0.15) is 0 Å². The highest BCUT2D eigenvalue weighted by Crippen LogP contribution is 2.15. The molecule has 0 amide bonds. The highest BCUT2D eigenvalue weighted by molar-refractivity contribution is 5.85. The molecule has 1 aromatic heterocycles. The maximum atomic E-state index is 10.1. The van der Waals surface area contributed by atoms with Crippen LogP contribution < -0.4 is 10.5 Å². The molecule has 0 saturated carbocycles. The van der Waals surface area contributed by atoms with Gasteiger partial charge in [0, 0.05) is 5.69 Å². The van der Waals surface area contributed by atoms with Crippen molar-refractivity contribution in [1.29, 1.82) is 0 Å². The van der Waals surface area contributed by atoms with Crippen LogP contribution in [0.1, 0.15) is 0 Å². The van der Waals surface area contributed by atoms with E-state index in [0.29, 0.717) is 18.0 Å². The number of aliphatic hydroxyl groups is 1. The molecule has 5 nitrogen and oxygen atoms in total. The first-order valence-corrected chi connectivity index (χ1v) is 6.78. The average Bonchev–Trinajstić information content (AvgIpc) is 2.90. The zero-order chi connectivity index (χ0) is 14.7. The van der Waals surface area contributed by atoms with E-state index in [1.807, 2.05) is 28.8 Å². The summed E-state index contributed by atoms with van der Waals surface area (Å²) in [4.78, 5) is 4.30. The molecule has 0 aliphatic carbocycles. The molecule has 23 heavy (non-hydrogen) atoms. The molecular weight excluding hydrogens is 337 g/mol. The standard InChI is InChI=1S/C16H17N3O2.2ClH/c17-12-5-7-14(8-6-12)21-10-13(20)9-19-11-18-15-3-1-2-4-16(15)19;;/h1-8,11,13,20H,9-10,17H2;2*1H. The van der Waals surface area contributed by atoms with Gasteiger partial charge in [0.05, 0.1) is 23.9 Å². The fourth-order valence-electron chi connectivity index (χ4n) is 2.19. The quantitative estimate of drug-likeness (QED) is 0.690. The van der Waals surface area contributed by atoms with Gasteiger partial charge in [-0.1, -0.05) is 12.1 Å². The van der Waals surface area contributed by atoms with Crippen molar-refractivity contribution in [2.75, 3.05) is 12.3 Å². The van der Waals surface area contributed by atoms with Crippen LogP contribution in [0.3, 0.4) is 0 Å². The van der Waals surface area contributed by atoms with Crippen molar-refractivity contribution in [3.8, 4) is 5.75 Å². The molecule has 7 heteroatoms. The third-order valence-corrected chi connectivity index (χ3v) is 3.26. The number of fused-ring (bicyclic) bond motifs is 1. The van der Waals surface area contributed by atoms with Gasteiger partial charge in [-0.25, -0.2) is 4.98 Å². The number of halogens is 2. The molecule has 0 saturated heterocycles.